The van der Waals surface area contributed by atoms with Gasteiger partial charge < -0.3 is 15.0 Å². The van der Waals surface area contributed by atoms with E-state index in [4.69, 9.17) is 16.3 Å². The molecule has 2 amide bonds. The Labute approximate surface area is 227 Å². The van der Waals surface area contributed by atoms with Gasteiger partial charge in [0.05, 0.1) is 12.0 Å². The molecule has 1 saturated heterocycles. The number of carbonyl (C=O) groups is 2. The average Bonchev–Trinajstić information content (AvgIpc) is 3.36. The zero-order valence-corrected chi connectivity index (χ0v) is 22.5. The summed E-state index contributed by atoms with van der Waals surface area (Å²) < 4.78 is 32.5. The van der Waals surface area contributed by atoms with E-state index in [1.165, 1.54) is 16.4 Å². The van der Waals surface area contributed by atoms with Crippen molar-refractivity contribution >= 4 is 44.8 Å². The Kier molecular flexibility index (Phi) is 7.43. The molecule has 0 spiro atoms. The van der Waals surface area contributed by atoms with E-state index in [0.717, 1.165) is 17.7 Å². The van der Waals surface area contributed by atoms with Crippen LogP contribution in [-0.4, -0.2) is 51.3 Å². The van der Waals surface area contributed by atoms with Crippen LogP contribution >= 0.6 is 11.6 Å². The van der Waals surface area contributed by atoms with Gasteiger partial charge in [0, 0.05) is 47.5 Å². The highest BCUT2D eigenvalue weighted by Crippen LogP contribution is 2.33. The summed E-state index contributed by atoms with van der Waals surface area (Å²) in [4.78, 5) is 28.1. The van der Waals surface area contributed by atoms with Crippen LogP contribution in [0.4, 0.5) is 11.4 Å². The number of methoxy groups -OCH3 is 1. The molecular weight excluding hydrogens is 526 g/mol. The number of halogens is 1. The Morgan fingerprint density at radius 2 is 1.63 bits per heavy atom. The number of piperidine rings is 1. The molecule has 2 aliphatic heterocycles. The van der Waals surface area contributed by atoms with Gasteiger partial charge in [-0.2, -0.15) is 4.31 Å². The van der Waals surface area contributed by atoms with Crippen molar-refractivity contribution in [2.45, 2.75) is 24.2 Å². The molecule has 10 heteroatoms. The molecule has 38 heavy (non-hydrogen) atoms. The fraction of sp³-hybridized carbons (Fsp3) is 0.286. The number of sulfonamides is 1. The van der Waals surface area contributed by atoms with E-state index in [0.29, 0.717) is 41.4 Å². The van der Waals surface area contributed by atoms with E-state index in [2.05, 4.69) is 5.32 Å². The molecule has 0 unspecified atom stereocenters. The van der Waals surface area contributed by atoms with Gasteiger partial charge in [0.1, 0.15) is 5.75 Å². The number of ether oxygens (including phenoxy) is 1. The van der Waals surface area contributed by atoms with Crippen molar-refractivity contribution < 1.29 is 22.7 Å². The molecule has 0 radical (unpaired) electrons. The summed E-state index contributed by atoms with van der Waals surface area (Å²) in [5.41, 5.74) is 3.01. The highest BCUT2D eigenvalue weighted by atomic mass is 35.5. The number of fused-ring (bicyclic) bond motifs is 1. The van der Waals surface area contributed by atoms with Gasteiger partial charge in [-0.15, -0.1) is 0 Å². The molecule has 1 N–H and O–H groups in total. The van der Waals surface area contributed by atoms with Crippen LogP contribution in [0.5, 0.6) is 5.75 Å². The smallest absolute Gasteiger partial charge is 0.258 e. The van der Waals surface area contributed by atoms with E-state index in [-0.39, 0.29) is 35.7 Å². The first-order valence-corrected chi connectivity index (χ1v) is 14.2. The van der Waals surface area contributed by atoms with Crippen molar-refractivity contribution in [3.63, 3.8) is 0 Å². The lowest BCUT2D eigenvalue weighted by Crippen LogP contribution is -2.41. The van der Waals surface area contributed by atoms with Crippen LogP contribution in [0.25, 0.3) is 0 Å². The minimum atomic E-state index is -3.64. The van der Waals surface area contributed by atoms with Crippen LogP contribution in [0.2, 0.25) is 5.02 Å². The molecule has 0 atom stereocenters. The maximum atomic E-state index is 13.2. The maximum absolute atomic E-state index is 13.2. The third kappa shape index (κ3) is 5.27. The highest BCUT2D eigenvalue weighted by molar-refractivity contribution is 7.89. The first-order chi connectivity index (χ1) is 18.3. The van der Waals surface area contributed by atoms with Gasteiger partial charge in [-0.1, -0.05) is 17.7 Å². The minimum absolute atomic E-state index is 0.107. The van der Waals surface area contributed by atoms with Crippen LogP contribution in [0.1, 0.15) is 28.8 Å². The van der Waals surface area contributed by atoms with Crippen molar-refractivity contribution in [1.82, 2.24) is 4.31 Å². The number of hydrogen-bond donors (Lipinski definition) is 1. The Balaban J connectivity index is 1.22. The molecule has 1 fully saturated rings. The SMILES string of the molecule is COc1ccc(C(=O)N2CCc3ccc(NC(=O)C4CCN(S(=O)(=O)c5ccc(Cl)cc5)CC4)cc32)cc1. The van der Waals surface area contributed by atoms with Crippen LogP contribution in [0.3, 0.4) is 0 Å². The van der Waals surface area contributed by atoms with Crippen LogP contribution in [-0.2, 0) is 21.2 Å². The van der Waals surface area contributed by atoms with Crippen molar-refractivity contribution in [3.05, 3.63) is 82.9 Å². The zero-order valence-electron chi connectivity index (χ0n) is 20.9. The Morgan fingerprint density at radius 3 is 2.29 bits per heavy atom. The predicted octanol–water partition coefficient (Wildman–Crippen LogP) is 4.59. The first kappa shape index (κ1) is 26.2. The highest BCUT2D eigenvalue weighted by Gasteiger charge is 2.32. The molecule has 3 aromatic rings. The van der Waals surface area contributed by atoms with Crippen molar-refractivity contribution in [3.8, 4) is 5.75 Å². The summed E-state index contributed by atoms with van der Waals surface area (Å²) in [5.74, 6) is 0.113. The van der Waals surface area contributed by atoms with E-state index in [1.54, 1.807) is 48.4 Å². The fourth-order valence-electron chi connectivity index (χ4n) is 4.92. The molecule has 0 bridgehead atoms. The van der Waals surface area contributed by atoms with Crippen molar-refractivity contribution in [2.75, 3.05) is 37.0 Å². The standard InChI is InChI=1S/C28H28ClN3O5S/c1-37-24-8-3-21(4-9-24)28(34)32-17-14-19-2-7-23(18-26(19)32)30-27(33)20-12-15-31(16-13-20)38(35,36)25-10-5-22(29)6-11-25/h2-11,18,20H,12-17H2,1H3,(H,30,33). The van der Waals surface area contributed by atoms with E-state index >= 15 is 0 Å². The molecule has 2 aliphatic rings. The van der Waals surface area contributed by atoms with Crippen molar-refractivity contribution in [1.29, 1.82) is 0 Å². The molecule has 0 aromatic heterocycles. The lowest BCUT2D eigenvalue weighted by Gasteiger charge is -2.30. The van der Waals surface area contributed by atoms with Gasteiger partial charge in [-0.3, -0.25) is 9.59 Å². The second-order valence-corrected chi connectivity index (χ2v) is 11.8. The Morgan fingerprint density at radius 1 is 0.947 bits per heavy atom. The summed E-state index contributed by atoms with van der Waals surface area (Å²) >= 11 is 5.88. The molecular formula is C28H28ClN3O5S. The zero-order chi connectivity index (χ0) is 26.9. The van der Waals surface area contributed by atoms with Gasteiger partial charge in [0.15, 0.2) is 0 Å². The maximum Gasteiger partial charge on any atom is 0.258 e. The molecule has 198 valence electrons. The lowest BCUT2D eigenvalue weighted by atomic mass is 9.97. The minimum Gasteiger partial charge on any atom is -0.497 e. The summed E-state index contributed by atoms with van der Waals surface area (Å²) in [7, 11) is -2.06. The van der Waals surface area contributed by atoms with Gasteiger partial charge in [-0.05, 0) is 85.5 Å². The predicted molar refractivity (Wildman–Crippen MR) is 146 cm³/mol. The van der Waals surface area contributed by atoms with Gasteiger partial charge >= 0.3 is 0 Å². The number of anilines is 2. The van der Waals surface area contributed by atoms with Crippen LogP contribution in [0.15, 0.2) is 71.6 Å². The quantitative estimate of drug-likeness (QED) is 0.481. The number of benzene rings is 3. The number of nitrogens with zero attached hydrogens (tertiary/aromatic N) is 2. The molecule has 0 saturated carbocycles. The van der Waals surface area contributed by atoms with E-state index < -0.39 is 10.0 Å². The summed E-state index contributed by atoms with van der Waals surface area (Å²) in [6.45, 7) is 1.09. The summed E-state index contributed by atoms with van der Waals surface area (Å²) in [6.07, 6.45) is 1.59. The number of amides is 2. The molecule has 8 nitrogen and oxygen atoms in total. The number of rotatable bonds is 6. The Bertz CT molecular complexity index is 1450. The van der Waals surface area contributed by atoms with Crippen LogP contribution in [0, 0.1) is 5.92 Å². The van der Waals surface area contributed by atoms with E-state index in [1.807, 2.05) is 18.2 Å². The van der Waals surface area contributed by atoms with Gasteiger partial charge in [0.2, 0.25) is 15.9 Å². The summed E-state index contributed by atoms with van der Waals surface area (Å²) in [6, 6.07) is 18.7. The van der Waals surface area contributed by atoms with Gasteiger partial charge in [0.25, 0.3) is 5.91 Å². The number of nitrogens with one attached hydrogen (secondary N) is 1. The monoisotopic (exact) mass is 553 g/mol. The molecule has 2 heterocycles. The third-order valence-corrected chi connectivity index (χ3v) is 9.27. The molecule has 5 rings (SSSR count). The van der Waals surface area contributed by atoms with E-state index in [9.17, 15) is 18.0 Å². The van der Waals surface area contributed by atoms with Crippen LogP contribution < -0.4 is 15.0 Å². The first-order valence-electron chi connectivity index (χ1n) is 12.4. The largest absolute Gasteiger partial charge is 0.497 e. The second kappa shape index (κ2) is 10.8. The third-order valence-electron chi connectivity index (χ3n) is 7.11. The number of carbonyl (C=O) groups excluding carboxylic acids is 2. The normalized spacial score (nSPS) is 16.2. The van der Waals surface area contributed by atoms with Gasteiger partial charge in [-0.25, -0.2) is 8.42 Å². The fourth-order valence-corrected chi connectivity index (χ4v) is 6.51. The number of hydrogen-bond acceptors (Lipinski definition) is 5. The molecule has 3 aromatic carbocycles. The topological polar surface area (TPSA) is 96.0 Å². The average molecular weight is 554 g/mol. The van der Waals surface area contributed by atoms with Crippen molar-refractivity contribution in [2.24, 2.45) is 5.92 Å². The Hall–Kier alpha value is -3.40. The molecule has 0 aliphatic carbocycles. The summed E-state index contributed by atoms with van der Waals surface area (Å²) in [5, 5.41) is 3.44. The lowest BCUT2D eigenvalue weighted by molar-refractivity contribution is -0.120. The second-order valence-electron chi connectivity index (χ2n) is 9.40.